The zero-order valence-electron chi connectivity index (χ0n) is 12.5. The molecule has 0 saturated carbocycles. The molecule has 0 saturated heterocycles. The van der Waals surface area contributed by atoms with E-state index in [1.807, 2.05) is 50.4 Å². The van der Waals surface area contributed by atoms with Crippen molar-refractivity contribution in [3.8, 4) is 11.3 Å². The molecule has 0 amide bonds. The molecule has 0 atom stereocenters. The fourth-order valence-corrected chi connectivity index (χ4v) is 2.93. The fourth-order valence-electron chi connectivity index (χ4n) is 2.08. The Hall–Kier alpha value is -2.53. The van der Waals surface area contributed by atoms with Gasteiger partial charge in [-0.1, -0.05) is 36.4 Å². The number of pyridine rings is 1. The number of hydrogen-bond donors (Lipinski definition) is 0. The number of aromatic nitrogens is 2. The number of rotatable bonds is 3. The van der Waals surface area contributed by atoms with E-state index in [2.05, 4.69) is 37.3 Å². The van der Waals surface area contributed by atoms with Gasteiger partial charge in [0.1, 0.15) is 0 Å². The van der Waals surface area contributed by atoms with Gasteiger partial charge in [-0.3, -0.25) is 4.98 Å². The van der Waals surface area contributed by atoms with Crippen LogP contribution < -0.4 is 4.80 Å². The summed E-state index contributed by atoms with van der Waals surface area (Å²) in [5.41, 5.74) is 3.95. The normalized spacial score (nSPS) is 12.6. The lowest BCUT2D eigenvalue weighted by molar-refractivity contribution is 0.862. The lowest BCUT2D eigenvalue weighted by Gasteiger charge is -2.01. The molecule has 1 aromatic carbocycles. The van der Waals surface area contributed by atoms with Crippen molar-refractivity contribution in [1.82, 2.24) is 9.55 Å². The summed E-state index contributed by atoms with van der Waals surface area (Å²) in [7, 11) is 2.00. The Labute approximate surface area is 133 Å². The molecule has 3 rings (SSSR count). The van der Waals surface area contributed by atoms with Crippen molar-refractivity contribution < 1.29 is 0 Å². The first kappa shape index (κ1) is 14.4. The maximum absolute atomic E-state index is 4.36. The molecule has 0 aliphatic carbocycles. The minimum Gasteiger partial charge on any atom is -0.318 e. The monoisotopic (exact) mass is 308 g/mol. The summed E-state index contributed by atoms with van der Waals surface area (Å²) in [5.74, 6) is 0. The van der Waals surface area contributed by atoms with Crippen LogP contribution in [-0.2, 0) is 7.05 Å². The second-order valence-corrected chi connectivity index (χ2v) is 5.67. The Morgan fingerprint density at radius 2 is 1.86 bits per heavy atom. The molecule has 0 spiro atoms. The Bertz CT molecular complexity index is 845. The van der Waals surface area contributed by atoms with Crippen molar-refractivity contribution in [2.45, 2.75) is 6.92 Å². The van der Waals surface area contributed by atoms with Gasteiger partial charge in [0, 0.05) is 18.6 Å². The molecule has 5 heteroatoms. The van der Waals surface area contributed by atoms with Gasteiger partial charge >= 0.3 is 0 Å². The molecule has 0 N–H and O–H groups in total. The largest absolute Gasteiger partial charge is 0.318 e. The predicted octanol–water partition coefficient (Wildman–Crippen LogP) is 3.47. The summed E-state index contributed by atoms with van der Waals surface area (Å²) in [6.07, 6.45) is 1.76. The van der Waals surface area contributed by atoms with Crippen LogP contribution in [0.25, 0.3) is 11.3 Å². The van der Waals surface area contributed by atoms with Crippen LogP contribution in [-0.4, -0.2) is 15.3 Å². The van der Waals surface area contributed by atoms with E-state index in [9.17, 15) is 0 Å². The molecule has 3 aromatic rings. The Morgan fingerprint density at radius 3 is 2.59 bits per heavy atom. The predicted molar refractivity (Wildman–Crippen MR) is 90.7 cm³/mol. The minimum atomic E-state index is 0.801. The Balaban J connectivity index is 1.95. The first-order valence-electron chi connectivity index (χ1n) is 6.95. The van der Waals surface area contributed by atoms with Gasteiger partial charge < -0.3 is 4.57 Å². The van der Waals surface area contributed by atoms with Crippen LogP contribution >= 0.6 is 11.3 Å². The molecule has 0 aliphatic heterocycles. The lowest BCUT2D eigenvalue weighted by atomic mass is 10.2. The van der Waals surface area contributed by atoms with Crippen molar-refractivity contribution in [2.24, 2.45) is 17.3 Å². The highest BCUT2D eigenvalue weighted by atomic mass is 32.1. The molecule has 4 nitrogen and oxygen atoms in total. The van der Waals surface area contributed by atoms with Crippen LogP contribution in [0.3, 0.4) is 0 Å². The first-order chi connectivity index (χ1) is 10.8. The van der Waals surface area contributed by atoms with Gasteiger partial charge in [0.15, 0.2) is 0 Å². The van der Waals surface area contributed by atoms with Gasteiger partial charge in [-0.25, -0.2) is 0 Å². The molecule has 0 unspecified atom stereocenters. The summed E-state index contributed by atoms with van der Waals surface area (Å²) in [6.45, 7) is 1.91. The third-order valence-corrected chi connectivity index (χ3v) is 4.22. The van der Waals surface area contributed by atoms with Gasteiger partial charge in [0.25, 0.3) is 0 Å². The summed E-state index contributed by atoms with van der Waals surface area (Å²) < 4.78 is 2.05. The van der Waals surface area contributed by atoms with Gasteiger partial charge in [0.2, 0.25) is 4.80 Å². The second-order valence-electron chi connectivity index (χ2n) is 4.83. The highest BCUT2D eigenvalue weighted by Crippen LogP contribution is 2.18. The van der Waals surface area contributed by atoms with Gasteiger partial charge in [-0.05, 0) is 24.6 Å². The van der Waals surface area contributed by atoms with Crippen LogP contribution in [0.15, 0.2) is 70.3 Å². The third kappa shape index (κ3) is 3.04. The lowest BCUT2D eigenvalue weighted by Crippen LogP contribution is -2.11. The summed E-state index contributed by atoms with van der Waals surface area (Å²) in [5, 5.41) is 10.8. The van der Waals surface area contributed by atoms with E-state index in [-0.39, 0.29) is 0 Å². The third-order valence-electron chi connectivity index (χ3n) is 3.31. The Morgan fingerprint density at radius 1 is 1.09 bits per heavy atom. The molecule has 0 radical (unpaired) electrons. The van der Waals surface area contributed by atoms with Crippen molar-refractivity contribution in [2.75, 3.05) is 0 Å². The standard InChI is InChI=1S/C17H16N4S/c1-13(15-10-6-7-11-18-15)19-20-17-21(2)16(12-22-17)14-8-4-3-5-9-14/h3-12H,1-2H3/b19-13+,20-17-. The first-order valence-corrected chi connectivity index (χ1v) is 7.83. The van der Waals surface area contributed by atoms with Gasteiger partial charge in [0.05, 0.1) is 17.1 Å². The van der Waals surface area contributed by atoms with Gasteiger partial charge in [-0.15, -0.1) is 16.4 Å². The van der Waals surface area contributed by atoms with Crippen molar-refractivity contribution in [1.29, 1.82) is 0 Å². The average molecular weight is 308 g/mol. The molecular formula is C17H16N4S. The Kier molecular flexibility index (Phi) is 4.25. The molecule has 22 heavy (non-hydrogen) atoms. The highest BCUT2D eigenvalue weighted by Gasteiger charge is 2.03. The van der Waals surface area contributed by atoms with E-state index in [0.717, 1.165) is 21.9 Å². The van der Waals surface area contributed by atoms with E-state index in [1.54, 1.807) is 17.5 Å². The van der Waals surface area contributed by atoms with Crippen molar-refractivity contribution >= 4 is 17.0 Å². The molecule has 2 aromatic heterocycles. The van der Waals surface area contributed by atoms with Crippen LogP contribution in [0, 0.1) is 0 Å². The molecule has 0 fully saturated rings. The fraction of sp³-hybridized carbons (Fsp3) is 0.118. The smallest absolute Gasteiger partial charge is 0.210 e. The number of nitrogens with zero attached hydrogens (tertiary/aromatic N) is 4. The van der Waals surface area contributed by atoms with Gasteiger partial charge in [-0.2, -0.15) is 5.10 Å². The topological polar surface area (TPSA) is 42.5 Å². The zero-order chi connectivity index (χ0) is 15.4. The second kappa shape index (κ2) is 6.49. The maximum atomic E-state index is 4.36. The number of thiazole rings is 1. The van der Waals surface area contributed by atoms with Crippen molar-refractivity contribution in [3.63, 3.8) is 0 Å². The van der Waals surface area contributed by atoms with Crippen LogP contribution in [0.5, 0.6) is 0 Å². The highest BCUT2D eigenvalue weighted by molar-refractivity contribution is 7.07. The van der Waals surface area contributed by atoms with Crippen LogP contribution in [0.1, 0.15) is 12.6 Å². The number of benzene rings is 1. The van der Waals surface area contributed by atoms with E-state index >= 15 is 0 Å². The minimum absolute atomic E-state index is 0.801. The SMILES string of the molecule is C/C(=N\N=c1/scc(-c2ccccc2)n1C)c1ccccn1. The molecular weight excluding hydrogens is 292 g/mol. The molecule has 0 aliphatic rings. The average Bonchev–Trinajstić information content (AvgIpc) is 2.95. The van der Waals surface area contributed by atoms with E-state index in [1.165, 1.54) is 5.56 Å². The van der Waals surface area contributed by atoms with E-state index in [4.69, 9.17) is 0 Å². The zero-order valence-corrected chi connectivity index (χ0v) is 13.3. The van der Waals surface area contributed by atoms with Crippen molar-refractivity contribution in [3.05, 3.63) is 70.6 Å². The van der Waals surface area contributed by atoms with E-state index in [0.29, 0.717) is 0 Å². The molecule has 110 valence electrons. The quantitative estimate of drug-likeness (QED) is 0.539. The number of hydrogen-bond acceptors (Lipinski definition) is 4. The molecule has 0 bridgehead atoms. The molecule has 2 heterocycles. The van der Waals surface area contributed by atoms with E-state index < -0.39 is 0 Å². The summed E-state index contributed by atoms with van der Waals surface area (Å²) in [4.78, 5) is 5.13. The van der Waals surface area contributed by atoms with Crippen LogP contribution in [0.4, 0.5) is 0 Å². The summed E-state index contributed by atoms with van der Waals surface area (Å²) in [6, 6.07) is 16.0. The van der Waals surface area contributed by atoms with Crippen LogP contribution in [0.2, 0.25) is 0 Å². The summed E-state index contributed by atoms with van der Waals surface area (Å²) >= 11 is 1.58. The maximum Gasteiger partial charge on any atom is 0.210 e.